The first kappa shape index (κ1) is 10.4. The summed E-state index contributed by atoms with van der Waals surface area (Å²) in [6, 6.07) is 16.2. The second-order valence-corrected chi connectivity index (χ2v) is 4.28. The smallest absolute Gasteiger partial charge is 0.0640 e. The van der Waals surface area contributed by atoms with Gasteiger partial charge in [-0.2, -0.15) is 0 Å². The highest BCUT2D eigenvalue weighted by atomic mass is 127. The molecule has 1 aromatic carbocycles. The fraction of sp³-hybridized carbons (Fsp3) is 0. The van der Waals surface area contributed by atoms with Crippen molar-refractivity contribution in [2.24, 2.45) is 0 Å². The third-order valence-electron chi connectivity index (χ3n) is 2.01. The number of aromatic nitrogens is 1. The first-order chi connectivity index (χ1) is 7.36. The van der Waals surface area contributed by atoms with Crippen LogP contribution in [0.5, 0.6) is 0 Å². The van der Waals surface area contributed by atoms with E-state index in [0.717, 1.165) is 5.69 Å². The molecule has 0 aliphatic heterocycles. The molecule has 0 saturated heterocycles. The molecule has 0 aliphatic carbocycles. The number of pyridine rings is 1. The molecular formula is C13H10IN. The van der Waals surface area contributed by atoms with E-state index in [2.05, 4.69) is 45.8 Å². The number of halogens is 1. The summed E-state index contributed by atoms with van der Waals surface area (Å²) in [5.74, 6) is 0. The van der Waals surface area contributed by atoms with E-state index in [9.17, 15) is 0 Å². The van der Waals surface area contributed by atoms with Crippen molar-refractivity contribution in [1.29, 1.82) is 0 Å². The van der Waals surface area contributed by atoms with Crippen LogP contribution in [0, 0.1) is 0 Å². The third-order valence-corrected chi connectivity index (χ3v) is 2.95. The largest absolute Gasteiger partial charge is 0.257 e. The highest BCUT2D eigenvalue weighted by Gasteiger charge is 1.96. The normalized spacial score (nSPS) is 11.4. The zero-order valence-electron chi connectivity index (χ0n) is 8.10. The lowest BCUT2D eigenvalue weighted by Gasteiger charge is -1.98. The van der Waals surface area contributed by atoms with Crippen molar-refractivity contribution in [3.63, 3.8) is 0 Å². The van der Waals surface area contributed by atoms with Crippen molar-refractivity contribution in [1.82, 2.24) is 4.98 Å². The molecule has 2 rings (SSSR count). The molecule has 0 spiro atoms. The van der Waals surface area contributed by atoms with Crippen LogP contribution in [-0.2, 0) is 0 Å². The fourth-order valence-corrected chi connectivity index (χ4v) is 1.95. The summed E-state index contributed by atoms with van der Waals surface area (Å²) < 4.78 is 1.20. The Kier molecular flexibility index (Phi) is 3.50. The van der Waals surface area contributed by atoms with Gasteiger partial charge in [0.25, 0.3) is 0 Å². The summed E-state index contributed by atoms with van der Waals surface area (Å²) in [6.07, 6.45) is 3.89. The van der Waals surface area contributed by atoms with Gasteiger partial charge < -0.3 is 0 Å². The fourth-order valence-electron chi connectivity index (χ4n) is 1.27. The van der Waals surface area contributed by atoms with E-state index < -0.39 is 0 Å². The molecule has 0 aliphatic rings. The van der Waals surface area contributed by atoms with E-state index in [1.807, 2.05) is 36.4 Å². The number of benzene rings is 1. The molecule has 0 fully saturated rings. The second kappa shape index (κ2) is 5.07. The highest BCUT2D eigenvalue weighted by Crippen LogP contribution is 2.23. The quantitative estimate of drug-likeness (QED) is 0.764. The Hall–Kier alpha value is -1.16. The highest BCUT2D eigenvalue weighted by molar-refractivity contribution is 14.1. The summed E-state index contributed by atoms with van der Waals surface area (Å²) in [4.78, 5) is 4.26. The number of nitrogens with zero attached hydrogens (tertiary/aromatic N) is 1. The van der Waals surface area contributed by atoms with Crippen LogP contribution in [0.1, 0.15) is 11.3 Å². The first-order valence-electron chi connectivity index (χ1n) is 4.70. The Morgan fingerprint density at radius 1 is 1.00 bits per heavy atom. The second-order valence-electron chi connectivity index (χ2n) is 3.11. The van der Waals surface area contributed by atoms with Crippen LogP contribution >= 0.6 is 22.6 Å². The minimum absolute atomic E-state index is 0.991. The van der Waals surface area contributed by atoms with Gasteiger partial charge in [-0.05, 0) is 46.4 Å². The zero-order valence-corrected chi connectivity index (χ0v) is 10.3. The van der Waals surface area contributed by atoms with Crippen LogP contribution in [0.4, 0.5) is 0 Å². The molecule has 0 N–H and O–H groups in total. The van der Waals surface area contributed by atoms with E-state index in [4.69, 9.17) is 0 Å². The summed E-state index contributed by atoms with van der Waals surface area (Å²) in [7, 11) is 0. The van der Waals surface area contributed by atoms with E-state index in [0.29, 0.717) is 0 Å². The lowest BCUT2D eigenvalue weighted by molar-refractivity contribution is 1.30. The molecule has 0 amide bonds. The standard InChI is InChI=1S/C13H10IN/c14-13(11-6-2-1-3-7-11)10-12-8-4-5-9-15-12/h1-10H. The average molecular weight is 307 g/mol. The molecule has 15 heavy (non-hydrogen) atoms. The van der Waals surface area contributed by atoms with Crippen LogP contribution in [0.15, 0.2) is 54.7 Å². The molecule has 1 nitrogen and oxygen atoms in total. The number of hydrogen-bond donors (Lipinski definition) is 0. The minimum atomic E-state index is 0.991. The Morgan fingerprint density at radius 2 is 1.73 bits per heavy atom. The molecule has 0 radical (unpaired) electrons. The molecule has 1 aromatic heterocycles. The minimum Gasteiger partial charge on any atom is -0.257 e. The van der Waals surface area contributed by atoms with Crippen molar-refractivity contribution in [3.05, 3.63) is 66.0 Å². The van der Waals surface area contributed by atoms with Crippen molar-refractivity contribution in [2.45, 2.75) is 0 Å². The van der Waals surface area contributed by atoms with Gasteiger partial charge >= 0.3 is 0 Å². The predicted octanol–water partition coefficient (Wildman–Crippen LogP) is 4.01. The predicted molar refractivity (Wildman–Crippen MR) is 72.6 cm³/mol. The molecule has 0 saturated carbocycles. The van der Waals surface area contributed by atoms with E-state index in [1.54, 1.807) is 6.20 Å². The molecule has 0 unspecified atom stereocenters. The Bertz CT molecular complexity index is 448. The van der Waals surface area contributed by atoms with Gasteiger partial charge in [0.15, 0.2) is 0 Å². The van der Waals surface area contributed by atoms with E-state index in [-0.39, 0.29) is 0 Å². The van der Waals surface area contributed by atoms with Crippen LogP contribution in [0.3, 0.4) is 0 Å². The van der Waals surface area contributed by atoms with Gasteiger partial charge in [-0.1, -0.05) is 36.4 Å². The topological polar surface area (TPSA) is 12.9 Å². The maximum absolute atomic E-state index is 4.26. The average Bonchev–Trinajstić information content (AvgIpc) is 2.31. The van der Waals surface area contributed by atoms with Crippen LogP contribution in [-0.4, -0.2) is 4.98 Å². The summed E-state index contributed by atoms with van der Waals surface area (Å²) >= 11 is 2.33. The van der Waals surface area contributed by atoms with Crippen LogP contribution in [0.25, 0.3) is 9.66 Å². The molecule has 0 atom stereocenters. The van der Waals surface area contributed by atoms with E-state index >= 15 is 0 Å². The van der Waals surface area contributed by atoms with Gasteiger partial charge in [0.2, 0.25) is 0 Å². The summed E-state index contributed by atoms with van der Waals surface area (Å²) in [5, 5.41) is 0. The maximum Gasteiger partial charge on any atom is 0.0640 e. The molecule has 74 valence electrons. The van der Waals surface area contributed by atoms with Gasteiger partial charge in [0.1, 0.15) is 0 Å². The Balaban J connectivity index is 2.29. The number of hydrogen-bond acceptors (Lipinski definition) is 1. The zero-order chi connectivity index (χ0) is 10.5. The van der Waals surface area contributed by atoms with Gasteiger partial charge in [-0.15, -0.1) is 0 Å². The molecule has 1 heterocycles. The van der Waals surface area contributed by atoms with Gasteiger partial charge in [0, 0.05) is 9.78 Å². The van der Waals surface area contributed by atoms with Crippen molar-refractivity contribution < 1.29 is 0 Å². The van der Waals surface area contributed by atoms with Crippen molar-refractivity contribution >= 4 is 32.2 Å². The Labute approximate surface area is 103 Å². The van der Waals surface area contributed by atoms with Crippen molar-refractivity contribution in [2.75, 3.05) is 0 Å². The molecule has 2 heteroatoms. The van der Waals surface area contributed by atoms with Gasteiger partial charge in [-0.25, -0.2) is 0 Å². The maximum atomic E-state index is 4.26. The summed E-state index contributed by atoms with van der Waals surface area (Å²) in [5.41, 5.74) is 2.22. The third kappa shape index (κ3) is 2.89. The van der Waals surface area contributed by atoms with E-state index in [1.165, 1.54) is 9.14 Å². The monoisotopic (exact) mass is 307 g/mol. The number of rotatable bonds is 2. The van der Waals surface area contributed by atoms with Gasteiger partial charge in [0.05, 0.1) is 5.69 Å². The van der Waals surface area contributed by atoms with Gasteiger partial charge in [-0.3, -0.25) is 4.98 Å². The SMILES string of the molecule is IC(=Cc1ccccn1)c1ccccc1. The lowest BCUT2D eigenvalue weighted by Crippen LogP contribution is -1.79. The molecule has 2 aromatic rings. The molecular weight excluding hydrogens is 297 g/mol. The Morgan fingerprint density at radius 3 is 2.40 bits per heavy atom. The van der Waals surface area contributed by atoms with Crippen LogP contribution in [0.2, 0.25) is 0 Å². The van der Waals surface area contributed by atoms with Crippen LogP contribution < -0.4 is 0 Å². The lowest BCUT2D eigenvalue weighted by atomic mass is 10.2. The summed E-state index contributed by atoms with van der Waals surface area (Å²) in [6.45, 7) is 0. The first-order valence-corrected chi connectivity index (χ1v) is 5.78. The molecule has 0 bridgehead atoms. The van der Waals surface area contributed by atoms with Crippen molar-refractivity contribution in [3.8, 4) is 0 Å².